The lowest BCUT2D eigenvalue weighted by molar-refractivity contribution is -0.132. The lowest BCUT2D eigenvalue weighted by Gasteiger charge is -2.43. The third kappa shape index (κ3) is 4.55. The van der Waals surface area contributed by atoms with Gasteiger partial charge in [0.2, 0.25) is 0 Å². The molecule has 5 heterocycles. The molecule has 2 aromatic heterocycles. The second-order valence-electron chi connectivity index (χ2n) is 10.1. The predicted molar refractivity (Wildman–Crippen MR) is 136 cm³/mol. The highest BCUT2D eigenvalue weighted by Crippen LogP contribution is 2.36. The Morgan fingerprint density at radius 2 is 1.97 bits per heavy atom. The van der Waals surface area contributed by atoms with Crippen molar-refractivity contribution < 1.29 is 18.7 Å². The Morgan fingerprint density at radius 3 is 2.73 bits per heavy atom. The third-order valence-electron chi connectivity index (χ3n) is 7.85. The van der Waals surface area contributed by atoms with Crippen LogP contribution in [0.4, 0.5) is 10.2 Å². The van der Waals surface area contributed by atoms with E-state index in [1.807, 2.05) is 17.2 Å². The number of hydrogen-bond donors (Lipinski definition) is 1. The molecule has 3 saturated heterocycles. The number of nitrogens with one attached hydrogen (secondary N) is 1. The molecule has 3 aromatic rings. The van der Waals surface area contributed by atoms with E-state index in [4.69, 9.17) is 9.47 Å². The Kier molecular flexibility index (Phi) is 6.51. The van der Waals surface area contributed by atoms with Crippen molar-refractivity contribution in [2.75, 3.05) is 57.9 Å². The first kappa shape index (κ1) is 24.2. The number of carbonyl (C=O) groups excluding carboxylic acids is 1. The number of carbonyl (C=O) groups is 1. The minimum atomic E-state index is -0.929. The van der Waals surface area contributed by atoms with Crippen molar-refractivity contribution >= 4 is 22.6 Å². The van der Waals surface area contributed by atoms with Gasteiger partial charge in [0.15, 0.2) is 11.9 Å². The first-order valence-electron chi connectivity index (χ1n) is 12.9. The first-order valence-corrected chi connectivity index (χ1v) is 12.9. The normalized spacial score (nSPS) is 25.3. The molecule has 37 heavy (non-hydrogen) atoms. The van der Waals surface area contributed by atoms with Crippen LogP contribution in [0.2, 0.25) is 0 Å². The first-order chi connectivity index (χ1) is 18.0. The molecule has 2 unspecified atom stereocenters. The number of rotatable bonds is 5. The van der Waals surface area contributed by atoms with Gasteiger partial charge in [-0.15, -0.1) is 0 Å². The molecule has 3 fully saturated rings. The van der Waals surface area contributed by atoms with Crippen molar-refractivity contribution in [3.63, 3.8) is 0 Å². The molecule has 3 aliphatic heterocycles. The average Bonchev–Trinajstić information content (AvgIpc) is 3.30. The number of aryl methyl sites for hydroxylation is 1. The van der Waals surface area contributed by atoms with Crippen molar-refractivity contribution in [2.24, 2.45) is 0 Å². The molecule has 6 rings (SSSR count). The van der Waals surface area contributed by atoms with Crippen LogP contribution in [-0.4, -0.2) is 102 Å². The van der Waals surface area contributed by atoms with Crippen molar-refractivity contribution in [2.45, 2.75) is 37.6 Å². The number of aromatic nitrogens is 4. The average molecular weight is 510 g/mol. The number of benzene rings is 1. The van der Waals surface area contributed by atoms with Crippen molar-refractivity contribution in [1.29, 1.82) is 0 Å². The van der Waals surface area contributed by atoms with Gasteiger partial charge in [-0.25, -0.2) is 19.0 Å². The number of anilines is 1. The summed E-state index contributed by atoms with van der Waals surface area (Å²) < 4.78 is 28.1. The molecular formula is C26H32FN7O3. The van der Waals surface area contributed by atoms with E-state index < -0.39 is 12.3 Å². The molecule has 10 nitrogen and oxygen atoms in total. The fourth-order valence-corrected chi connectivity index (χ4v) is 5.63. The molecular weight excluding hydrogens is 477 g/mol. The van der Waals surface area contributed by atoms with Crippen LogP contribution >= 0.6 is 0 Å². The largest absolute Gasteiger partial charge is 0.378 e. The molecule has 0 radical (unpaired) electrons. The molecule has 11 heteroatoms. The Bertz CT molecular complexity index is 1300. The van der Waals surface area contributed by atoms with E-state index in [0.29, 0.717) is 57.1 Å². The molecule has 1 N–H and O–H groups in total. The van der Waals surface area contributed by atoms with Crippen LogP contribution in [0.15, 0.2) is 30.7 Å². The summed E-state index contributed by atoms with van der Waals surface area (Å²) >= 11 is 0. The van der Waals surface area contributed by atoms with E-state index in [0.717, 1.165) is 35.0 Å². The molecule has 196 valence electrons. The second-order valence-corrected chi connectivity index (χ2v) is 10.1. The number of hydrogen-bond acceptors (Lipinski definition) is 8. The van der Waals surface area contributed by atoms with Gasteiger partial charge >= 0.3 is 0 Å². The van der Waals surface area contributed by atoms with Gasteiger partial charge < -0.3 is 19.7 Å². The van der Waals surface area contributed by atoms with Crippen LogP contribution in [0.25, 0.3) is 16.7 Å². The van der Waals surface area contributed by atoms with E-state index in [2.05, 4.69) is 44.3 Å². The lowest BCUT2D eigenvalue weighted by Crippen LogP contribution is -2.54. The Balaban J connectivity index is 1.28. The summed E-state index contributed by atoms with van der Waals surface area (Å²) in [6.45, 7) is 6.25. The third-order valence-corrected chi connectivity index (χ3v) is 7.85. The van der Waals surface area contributed by atoms with Crippen LogP contribution in [0.3, 0.4) is 0 Å². The minimum Gasteiger partial charge on any atom is -0.378 e. The van der Waals surface area contributed by atoms with Gasteiger partial charge in [0.25, 0.3) is 5.91 Å². The van der Waals surface area contributed by atoms with Crippen LogP contribution < -0.4 is 10.2 Å². The highest BCUT2D eigenvalue weighted by Gasteiger charge is 2.36. The molecule has 1 aromatic carbocycles. The maximum absolute atomic E-state index is 15.4. The van der Waals surface area contributed by atoms with E-state index in [1.54, 1.807) is 11.7 Å². The summed E-state index contributed by atoms with van der Waals surface area (Å²) in [5, 5.41) is 8.23. The number of nitrogens with zero attached hydrogens (tertiary/aromatic N) is 6. The van der Waals surface area contributed by atoms with E-state index >= 15 is 4.39 Å². The van der Waals surface area contributed by atoms with E-state index in [1.165, 1.54) is 6.33 Å². The Morgan fingerprint density at radius 1 is 1.14 bits per heavy atom. The summed E-state index contributed by atoms with van der Waals surface area (Å²) in [7, 11) is 1.60. The number of halogens is 1. The minimum absolute atomic E-state index is 0.152. The topological polar surface area (TPSA) is 97.6 Å². The SMILES string of the molecule is CNC(=O)[C@H]1CN(c2cc(-n3ncc4cc(C)c(C5CCN(C6COC6)CC5F)cc43)ncn2)CCO1. The van der Waals surface area contributed by atoms with Crippen LogP contribution in [0.1, 0.15) is 23.5 Å². The van der Waals surface area contributed by atoms with Gasteiger partial charge in [-0.3, -0.25) is 9.69 Å². The van der Waals surface area contributed by atoms with Gasteiger partial charge in [-0.05, 0) is 43.1 Å². The van der Waals surface area contributed by atoms with Crippen molar-refractivity contribution in [3.05, 3.63) is 41.9 Å². The molecule has 0 bridgehead atoms. The number of piperidine rings is 1. The smallest absolute Gasteiger partial charge is 0.250 e. The molecule has 3 aliphatic rings. The summed E-state index contributed by atoms with van der Waals surface area (Å²) in [4.78, 5) is 25.3. The van der Waals surface area contributed by atoms with Crippen LogP contribution in [-0.2, 0) is 14.3 Å². The van der Waals surface area contributed by atoms with Gasteiger partial charge in [-0.2, -0.15) is 5.10 Å². The highest BCUT2D eigenvalue weighted by molar-refractivity contribution is 5.82. The van der Waals surface area contributed by atoms with Gasteiger partial charge in [0.1, 0.15) is 18.3 Å². The number of ether oxygens (including phenoxy) is 2. The molecule has 0 aliphatic carbocycles. The number of likely N-dealkylation sites (N-methyl/N-ethyl adjacent to an activating group) is 1. The zero-order valence-corrected chi connectivity index (χ0v) is 21.1. The molecule has 3 atom stereocenters. The zero-order chi connectivity index (χ0) is 25.5. The van der Waals surface area contributed by atoms with Crippen LogP contribution in [0.5, 0.6) is 0 Å². The number of amides is 1. The highest BCUT2D eigenvalue weighted by atomic mass is 19.1. The van der Waals surface area contributed by atoms with Crippen molar-refractivity contribution in [3.8, 4) is 5.82 Å². The zero-order valence-electron chi connectivity index (χ0n) is 21.1. The van der Waals surface area contributed by atoms with E-state index in [-0.39, 0.29) is 11.8 Å². The van der Waals surface area contributed by atoms with Gasteiger partial charge in [-0.1, -0.05) is 0 Å². The predicted octanol–water partition coefficient (Wildman–Crippen LogP) is 1.60. The number of fused-ring (bicyclic) bond motifs is 1. The van der Waals surface area contributed by atoms with Crippen molar-refractivity contribution in [1.82, 2.24) is 30.0 Å². The quantitative estimate of drug-likeness (QED) is 0.554. The molecule has 0 saturated carbocycles. The molecule has 0 spiro atoms. The second kappa shape index (κ2) is 9.96. The number of likely N-dealkylation sites (tertiary alicyclic amines) is 1. The maximum Gasteiger partial charge on any atom is 0.250 e. The lowest BCUT2D eigenvalue weighted by atomic mass is 9.84. The standard InChI is InChI=1S/C26H32FN7O3/c1-16-7-17-10-31-34(22(17)8-20(16)19-3-4-32(11-21(19)27)18-13-36-14-18)25-9-24(29-15-30-25)33-5-6-37-23(12-33)26(35)28-2/h7-10,15,18-19,21,23H,3-6,11-14H2,1-2H3,(H,28,35)/t19?,21?,23-/m1/s1. The fraction of sp³-hybridized carbons (Fsp3) is 0.538. The number of morpholine rings is 1. The summed E-state index contributed by atoms with van der Waals surface area (Å²) in [5.74, 6) is 1.02. The van der Waals surface area contributed by atoms with Crippen LogP contribution in [0, 0.1) is 6.92 Å². The Hall–Kier alpha value is -3.15. The summed E-state index contributed by atoms with van der Waals surface area (Å²) in [6.07, 6.45) is 2.62. The summed E-state index contributed by atoms with van der Waals surface area (Å²) in [5.41, 5.74) is 3.00. The Labute approximate surface area is 214 Å². The van der Waals surface area contributed by atoms with E-state index in [9.17, 15) is 4.79 Å². The fourth-order valence-electron chi connectivity index (χ4n) is 5.63. The van der Waals surface area contributed by atoms with Gasteiger partial charge in [0, 0.05) is 37.5 Å². The molecule has 1 amide bonds. The monoisotopic (exact) mass is 509 g/mol. The van der Waals surface area contributed by atoms with Gasteiger partial charge in [0.05, 0.1) is 44.1 Å². The maximum atomic E-state index is 15.4. The summed E-state index contributed by atoms with van der Waals surface area (Å²) in [6, 6.07) is 6.39. The number of alkyl halides is 1.